The molecule has 2 aliphatic heterocycles. The van der Waals surface area contributed by atoms with Gasteiger partial charge >= 0.3 is 18.4 Å². The third-order valence-electron chi connectivity index (χ3n) is 7.74. The summed E-state index contributed by atoms with van der Waals surface area (Å²) in [4.78, 5) is 29.8. The van der Waals surface area contributed by atoms with Crippen molar-refractivity contribution in [2.75, 3.05) is 11.4 Å². The fourth-order valence-corrected chi connectivity index (χ4v) is 5.68. The van der Waals surface area contributed by atoms with E-state index in [0.29, 0.717) is 37.8 Å². The van der Waals surface area contributed by atoms with E-state index in [4.69, 9.17) is 4.74 Å². The van der Waals surface area contributed by atoms with E-state index in [0.717, 1.165) is 17.7 Å². The Morgan fingerprint density at radius 2 is 1.48 bits per heavy atom. The second-order valence-electron chi connectivity index (χ2n) is 12.1. The number of anilines is 1. The summed E-state index contributed by atoms with van der Waals surface area (Å²) in [7, 11) is 0. The lowest BCUT2D eigenvalue weighted by Crippen LogP contribution is -2.57. The molecular weight excluding hydrogens is 588 g/mol. The molecule has 1 amide bonds. The van der Waals surface area contributed by atoms with Crippen molar-refractivity contribution in [3.63, 3.8) is 0 Å². The van der Waals surface area contributed by atoms with E-state index in [1.165, 1.54) is 0 Å². The number of hydrogen-bond acceptors (Lipinski definition) is 6. The van der Waals surface area contributed by atoms with Crippen molar-refractivity contribution in [1.82, 2.24) is 14.9 Å². The van der Waals surface area contributed by atoms with Gasteiger partial charge in [0.15, 0.2) is 0 Å². The smallest absolute Gasteiger partial charge is 0.416 e. The molecule has 0 bridgehead atoms. The zero-order valence-electron chi connectivity index (χ0n) is 25.3. The number of nitrogens with zero attached hydrogens (tertiary/aromatic N) is 5. The van der Waals surface area contributed by atoms with Gasteiger partial charge in [-0.15, -0.1) is 0 Å². The van der Waals surface area contributed by atoms with Crippen LogP contribution in [0.15, 0.2) is 41.7 Å². The number of halogens is 6. The molecule has 1 fully saturated rings. The topological polar surface area (TPSA) is 70.9 Å². The molecule has 0 aliphatic carbocycles. The van der Waals surface area contributed by atoms with Gasteiger partial charge in [-0.2, -0.15) is 26.3 Å². The van der Waals surface area contributed by atoms with Gasteiger partial charge in [0.25, 0.3) is 0 Å². The summed E-state index contributed by atoms with van der Waals surface area (Å²) in [5, 5.41) is 0. The van der Waals surface area contributed by atoms with E-state index >= 15 is 0 Å². The maximum Gasteiger partial charge on any atom is 0.416 e. The van der Waals surface area contributed by atoms with Crippen LogP contribution in [0, 0.1) is 0 Å². The molecular formula is C31H37F6N5O2. The molecule has 0 N–H and O–H groups in total. The van der Waals surface area contributed by atoms with E-state index in [9.17, 15) is 31.1 Å². The van der Waals surface area contributed by atoms with E-state index in [1.807, 2.05) is 19.9 Å². The molecule has 0 radical (unpaired) electrons. The number of aliphatic imine (C=N–C) groups is 1. The number of amides is 1. The van der Waals surface area contributed by atoms with Crippen molar-refractivity contribution < 1.29 is 35.9 Å². The quantitative estimate of drug-likeness (QED) is 0.292. The minimum Gasteiger partial charge on any atom is -0.444 e. The first-order chi connectivity index (χ1) is 20.5. The zero-order valence-corrected chi connectivity index (χ0v) is 25.3. The van der Waals surface area contributed by atoms with E-state index in [-0.39, 0.29) is 36.2 Å². The fourth-order valence-electron chi connectivity index (χ4n) is 5.68. The first kappa shape index (κ1) is 33.3. The summed E-state index contributed by atoms with van der Waals surface area (Å²) in [6.07, 6.45) is -1.80. The number of rotatable bonds is 7. The number of ether oxygens (including phenoxy) is 1. The molecule has 2 aromatic rings. The molecule has 2 aliphatic rings. The minimum atomic E-state index is -4.98. The van der Waals surface area contributed by atoms with Gasteiger partial charge in [-0.05, 0) is 70.2 Å². The molecule has 7 nitrogen and oxygen atoms in total. The van der Waals surface area contributed by atoms with E-state index < -0.39 is 41.2 Å². The first-order valence-electron chi connectivity index (χ1n) is 14.6. The summed E-state index contributed by atoms with van der Waals surface area (Å²) in [5.41, 5.74) is -2.16. The van der Waals surface area contributed by atoms with E-state index in [2.05, 4.69) is 15.0 Å². The number of carbonyl (C=O) groups excluding carboxylic acids is 1. The summed E-state index contributed by atoms with van der Waals surface area (Å²) < 4.78 is 87.9. The van der Waals surface area contributed by atoms with Crippen LogP contribution in [0.2, 0.25) is 0 Å². The van der Waals surface area contributed by atoms with Gasteiger partial charge in [-0.3, -0.25) is 4.99 Å². The van der Waals surface area contributed by atoms with Crippen LogP contribution in [0.5, 0.6) is 0 Å². The molecule has 0 saturated carbocycles. The Balaban J connectivity index is 1.75. The number of carbonyl (C=O) groups is 1. The molecule has 0 spiro atoms. The monoisotopic (exact) mass is 625 g/mol. The van der Waals surface area contributed by atoms with Gasteiger partial charge < -0.3 is 14.5 Å². The number of benzene rings is 1. The largest absolute Gasteiger partial charge is 0.444 e. The Morgan fingerprint density at radius 3 is 1.91 bits per heavy atom. The summed E-state index contributed by atoms with van der Waals surface area (Å²) in [6.45, 7) is 9.39. The van der Waals surface area contributed by atoms with Crippen molar-refractivity contribution in [2.45, 2.75) is 103 Å². The van der Waals surface area contributed by atoms with Gasteiger partial charge in [-0.1, -0.05) is 19.9 Å². The van der Waals surface area contributed by atoms with Crippen LogP contribution in [0.3, 0.4) is 0 Å². The number of likely N-dealkylation sites (tertiary alicyclic amines) is 1. The van der Waals surface area contributed by atoms with Crippen molar-refractivity contribution in [3.05, 3.63) is 58.9 Å². The average molecular weight is 626 g/mol. The molecule has 13 heteroatoms. The molecule has 240 valence electrons. The maximum atomic E-state index is 13.7. The van der Waals surface area contributed by atoms with Crippen LogP contribution in [0.1, 0.15) is 82.6 Å². The zero-order chi connectivity index (χ0) is 32.4. The highest BCUT2D eigenvalue weighted by Gasteiger charge is 2.42. The highest BCUT2D eigenvalue weighted by Crippen LogP contribution is 2.38. The number of allylic oxidation sites excluding steroid dienone is 1. The molecule has 44 heavy (non-hydrogen) atoms. The highest BCUT2D eigenvalue weighted by atomic mass is 19.4. The Bertz CT molecular complexity index is 1340. The third-order valence-corrected chi connectivity index (χ3v) is 7.74. The van der Waals surface area contributed by atoms with Crippen molar-refractivity contribution in [1.29, 1.82) is 0 Å². The number of alkyl halides is 6. The molecule has 3 heterocycles. The van der Waals surface area contributed by atoms with Crippen LogP contribution in [0.4, 0.5) is 37.1 Å². The maximum absolute atomic E-state index is 13.7. The van der Waals surface area contributed by atoms with Gasteiger partial charge in [-0.25, -0.2) is 14.8 Å². The van der Waals surface area contributed by atoms with Gasteiger partial charge in [0.05, 0.1) is 17.7 Å². The second-order valence-corrected chi connectivity index (χ2v) is 12.1. The summed E-state index contributed by atoms with van der Waals surface area (Å²) >= 11 is 0. The average Bonchev–Trinajstić information content (AvgIpc) is 3.48. The predicted molar refractivity (Wildman–Crippen MR) is 155 cm³/mol. The minimum absolute atomic E-state index is 0.121. The summed E-state index contributed by atoms with van der Waals surface area (Å²) in [5.74, 6) is 0.163. The van der Waals surface area contributed by atoms with Gasteiger partial charge in [0, 0.05) is 54.4 Å². The molecule has 1 aromatic carbocycles. The van der Waals surface area contributed by atoms with E-state index in [1.54, 1.807) is 49.2 Å². The van der Waals surface area contributed by atoms with Gasteiger partial charge in [0.1, 0.15) is 5.60 Å². The van der Waals surface area contributed by atoms with Crippen molar-refractivity contribution in [2.24, 2.45) is 4.99 Å². The fraction of sp³-hybridized carbons (Fsp3) is 0.548. The number of aromatic nitrogens is 2. The van der Waals surface area contributed by atoms with Crippen molar-refractivity contribution in [3.8, 4) is 0 Å². The Labute approximate surface area is 253 Å². The van der Waals surface area contributed by atoms with Crippen LogP contribution in [-0.2, 0) is 23.6 Å². The normalized spacial score (nSPS) is 20.9. The lowest BCUT2D eigenvalue weighted by molar-refractivity contribution is -0.143. The predicted octanol–water partition coefficient (Wildman–Crippen LogP) is 7.95. The lowest BCUT2D eigenvalue weighted by atomic mass is 9.87. The standard InChI is InChI=1S/C31H37F6N5O2/c1-6-24-13-26(14-25(7-2)42(24)28(43)44-29(3,4)5)41(27-39-16-21(17-40-27)20-8-9-38-15-20)18-19-10-22(30(32,33)34)12-23(11-19)31(35,36)37/h8,10-12,15-17,24-26H,6-7,9,13-14,18H2,1-5H3/t24-,25?,26?/m1/s1. The van der Waals surface area contributed by atoms with Gasteiger partial charge in [0.2, 0.25) is 5.95 Å². The van der Waals surface area contributed by atoms with Crippen LogP contribution in [-0.4, -0.2) is 57.4 Å². The Hall–Kier alpha value is -3.64. The first-order valence-corrected chi connectivity index (χ1v) is 14.6. The molecule has 2 unspecified atom stereocenters. The number of hydrogen-bond donors (Lipinski definition) is 0. The van der Waals surface area contributed by atoms with Crippen molar-refractivity contribution >= 4 is 23.8 Å². The van der Waals surface area contributed by atoms with Crippen LogP contribution < -0.4 is 4.90 Å². The molecule has 1 saturated heterocycles. The van der Waals surface area contributed by atoms with Crippen LogP contribution >= 0.6 is 0 Å². The molecule has 3 atom stereocenters. The molecule has 1 aromatic heterocycles. The summed E-state index contributed by atoms with van der Waals surface area (Å²) in [6, 6.07) is 0.618. The van der Waals surface area contributed by atoms with Crippen LogP contribution in [0.25, 0.3) is 5.57 Å². The molecule has 4 rings (SSSR count). The SMILES string of the molecule is CCC1CC(N(Cc2cc(C(F)(F)F)cc(C(F)(F)F)c2)c2ncc(C3=CCN=C3)cn2)C[C@@H](CC)N1C(=O)OC(C)(C)C. The lowest BCUT2D eigenvalue weighted by Gasteiger charge is -2.48. The highest BCUT2D eigenvalue weighted by molar-refractivity contribution is 6.11. The third kappa shape index (κ3) is 7.89. The second kappa shape index (κ2) is 12.8. The number of piperidine rings is 1. The Kier molecular flexibility index (Phi) is 9.65. The Morgan fingerprint density at radius 1 is 0.932 bits per heavy atom.